The minimum Gasteiger partial charge on any atom is -0.354 e. The van der Waals surface area contributed by atoms with Crippen LogP contribution in [0.3, 0.4) is 0 Å². The lowest BCUT2D eigenvalue weighted by molar-refractivity contribution is 0.0946. The van der Waals surface area contributed by atoms with Crippen LogP contribution in [0.4, 0.5) is 4.39 Å². The van der Waals surface area contributed by atoms with Gasteiger partial charge >= 0.3 is 0 Å². The Morgan fingerprint density at radius 3 is 2.25 bits per heavy atom. The zero-order chi connectivity index (χ0) is 28.3. The van der Waals surface area contributed by atoms with Crippen molar-refractivity contribution in [3.8, 4) is 0 Å². The van der Waals surface area contributed by atoms with Crippen molar-refractivity contribution in [3.05, 3.63) is 81.9 Å². The number of carbonyl (C=O) groups excluding carboxylic acids is 1. The Hall–Kier alpha value is -2.97. The topological polar surface area (TPSA) is 91.1 Å². The van der Waals surface area contributed by atoms with Crippen molar-refractivity contribution in [1.29, 1.82) is 0 Å². The fourth-order valence-corrected chi connectivity index (χ4v) is 7.75. The van der Waals surface area contributed by atoms with Gasteiger partial charge in [0.25, 0.3) is 5.91 Å². The predicted molar refractivity (Wildman–Crippen MR) is 155 cm³/mol. The number of nitrogens with one attached hydrogen (secondary N) is 3. The molecule has 2 heterocycles. The lowest BCUT2D eigenvalue weighted by atomic mass is 9.79. The van der Waals surface area contributed by atoms with Crippen LogP contribution in [0.5, 0.6) is 0 Å². The third-order valence-electron chi connectivity index (χ3n) is 8.65. The van der Waals surface area contributed by atoms with E-state index in [2.05, 4.69) is 15.6 Å². The molecule has 1 saturated carbocycles. The van der Waals surface area contributed by atoms with E-state index < -0.39 is 15.7 Å². The van der Waals surface area contributed by atoms with Gasteiger partial charge in [0.05, 0.1) is 9.79 Å². The van der Waals surface area contributed by atoms with Gasteiger partial charge in [-0.25, -0.2) is 12.8 Å². The quantitative estimate of drug-likeness (QED) is 0.311. The number of aromatic nitrogens is 1. The normalized spacial score (nSPS) is 17.8. The van der Waals surface area contributed by atoms with Gasteiger partial charge in [0, 0.05) is 30.7 Å². The second-order valence-electron chi connectivity index (χ2n) is 11.7. The Kier molecular flexibility index (Phi) is 8.47. The smallest absolute Gasteiger partial charge is 0.267 e. The Morgan fingerprint density at radius 2 is 1.57 bits per heavy atom. The van der Waals surface area contributed by atoms with Gasteiger partial charge in [0.2, 0.25) is 9.84 Å². The first-order valence-corrected chi connectivity index (χ1v) is 16.0. The Bertz CT molecular complexity index is 1470. The number of aromatic amines is 1. The van der Waals surface area contributed by atoms with Crippen molar-refractivity contribution in [2.75, 3.05) is 0 Å². The summed E-state index contributed by atoms with van der Waals surface area (Å²) < 4.78 is 40.2. The van der Waals surface area contributed by atoms with Gasteiger partial charge < -0.3 is 15.6 Å². The molecule has 2 aliphatic rings. The molecule has 0 saturated heterocycles. The van der Waals surface area contributed by atoms with Gasteiger partial charge in [0.1, 0.15) is 11.5 Å². The fraction of sp³-hybridized carbons (Fsp3) is 0.469. The molecular weight excluding hydrogens is 525 g/mol. The number of H-pyrrole nitrogens is 1. The number of rotatable bonds is 5. The number of hydrogen-bond acceptors (Lipinski definition) is 4. The van der Waals surface area contributed by atoms with E-state index in [1.807, 2.05) is 6.07 Å². The maximum Gasteiger partial charge on any atom is 0.267 e. The summed E-state index contributed by atoms with van der Waals surface area (Å²) in [6.07, 6.45) is 12.4. The van der Waals surface area contributed by atoms with E-state index in [1.165, 1.54) is 87.7 Å². The number of halogens is 1. The second kappa shape index (κ2) is 11.9. The highest BCUT2D eigenvalue weighted by molar-refractivity contribution is 7.91. The van der Waals surface area contributed by atoms with Gasteiger partial charge in [-0.2, -0.15) is 0 Å². The van der Waals surface area contributed by atoms with E-state index in [9.17, 15) is 17.6 Å². The molecule has 1 aromatic heterocycles. The molecule has 1 fully saturated rings. The summed E-state index contributed by atoms with van der Waals surface area (Å²) in [6.45, 7) is 4.20. The molecule has 5 rings (SSSR count). The Morgan fingerprint density at radius 1 is 0.925 bits per heavy atom. The molecule has 0 atom stereocenters. The number of benzene rings is 2. The Balaban J connectivity index is 1.22. The molecule has 0 bridgehead atoms. The third-order valence-corrected chi connectivity index (χ3v) is 10.6. The predicted octanol–water partition coefficient (Wildman–Crippen LogP) is 6.44. The van der Waals surface area contributed by atoms with Gasteiger partial charge in [-0.3, -0.25) is 4.79 Å². The summed E-state index contributed by atoms with van der Waals surface area (Å²) in [5.74, 6) is -0.602. The number of carbonyl (C=O) groups is 1. The standard InChI is InChI=1S/C32H40FN3O3S/c1-22-17-30(23(2)16-27(22)33)40(38,39)26-12-10-24(11-13-26)20-34-31(37)28-18-25-21-35-32(19-29(25)36-28)14-8-6-4-3-5-7-9-15-32/h10-13,16-18,35-36H,3-9,14-15,19-21H2,1-2H3,(H,34,37). The van der Waals surface area contributed by atoms with E-state index in [0.717, 1.165) is 24.1 Å². The number of sulfone groups is 1. The van der Waals surface area contributed by atoms with Gasteiger partial charge in [-0.1, -0.05) is 57.1 Å². The maximum absolute atomic E-state index is 13.8. The monoisotopic (exact) mass is 565 g/mol. The van der Waals surface area contributed by atoms with Crippen LogP contribution in [0.15, 0.2) is 52.3 Å². The molecule has 3 aromatic rings. The van der Waals surface area contributed by atoms with Gasteiger partial charge in [0.15, 0.2) is 0 Å². The van der Waals surface area contributed by atoms with Crippen LogP contribution < -0.4 is 10.6 Å². The van der Waals surface area contributed by atoms with Crippen LogP contribution in [0.2, 0.25) is 0 Å². The number of hydrogen-bond donors (Lipinski definition) is 3. The molecule has 1 spiro atoms. The van der Waals surface area contributed by atoms with Crippen LogP contribution in [0.25, 0.3) is 0 Å². The number of amides is 1. The molecule has 2 aromatic carbocycles. The minimum absolute atomic E-state index is 0.102. The first-order valence-electron chi connectivity index (χ1n) is 14.5. The van der Waals surface area contributed by atoms with Crippen LogP contribution >= 0.6 is 0 Å². The molecule has 3 N–H and O–H groups in total. The molecular formula is C32H40FN3O3S. The van der Waals surface area contributed by atoms with Crippen molar-refractivity contribution in [1.82, 2.24) is 15.6 Å². The third kappa shape index (κ3) is 6.18. The summed E-state index contributed by atoms with van der Waals surface area (Å²) in [5, 5.41) is 6.80. The second-order valence-corrected chi connectivity index (χ2v) is 13.6. The van der Waals surface area contributed by atoms with Crippen LogP contribution in [-0.2, 0) is 29.3 Å². The number of aryl methyl sites for hydroxylation is 2. The zero-order valence-corrected chi connectivity index (χ0v) is 24.4. The summed E-state index contributed by atoms with van der Waals surface area (Å²) in [7, 11) is -3.79. The zero-order valence-electron chi connectivity index (χ0n) is 23.5. The van der Waals surface area contributed by atoms with Crippen LogP contribution in [0.1, 0.15) is 96.2 Å². The van der Waals surface area contributed by atoms with E-state index in [1.54, 1.807) is 26.0 Å². The van der Waals surface area contributed by atoms with Crippen molar-refractivity contribution in [2.24, 2.45) is 0 Å². The first-order chi connectivity index (χ1) is 19.2. The maximum atomic E-state index is 13.8. The van der Waals surface area contributed by atoms with E-state index in [-0.39, 0.29) is 33.3 Å². The van der Waals surface area contributed by atoms with Crippen molar-refractivity contribution in [3.63, 3.8) is 0 Å². The SMILES string of the molecule is Cc1cc(S(=O)(=O)c2ccc(CNC(=O)c3cc4c([nH]3)CC3(CCCCCCCCC3)NC4)cc2)c(C)cc1F. The van der Waals surface area contributed by atoms with Crippen LogP contribution in [0, 0.1) is 19.7 Å². The molecule has 0 unspecified atom stereocenters. The highest BCUT2D eigenvalue weighted by Gasteiger charge is 2.34. The summed E-state index contributed by atoms with van der Waals surface area (Å²) >= 11 is 0. The average molecular weight is 566 g/mol. The first kappa shape index (κ1) is 28.6. The summed E-state index contributed by atoms with van der Waals surface area (Å²) in [6, 6.07) is 11.0. The molecule has 1 aliphatic carbocycles. The fourth-order valence-electron chi connectivity index (χ4n) is 6.19. The lowest BCUT2D eigenvalue weighted by Gasteiger charge is -2.39. The molecule has 0 radical (unpaired) electrons. The molecule has 6 nitrogen and oxygen atoms in total. The minimum atomic E-state index is -3.79. The molecule has 214 valence electrons. The van der Waals surface area contributed by atoms with Crippen LogP contribution in [-0.4, -0.2) is 24.8 Å². The summed E-state index contributed by atoms with van der Waals surface area (Å²) in [5.41, 5.74) is 4.46. The molecule has 1 aliphatic heterocycles. The van der Waals surface area contributed by atoms with Gasteiger partial charge in [-0.15, -0.1) is 0 Å². The molecule has 1 amide bonds. The average Bonchev–Trinajstić information content (AvgIpc) is 3.36. The van der Waals surface area contributed by atoms with E-state index in [0.29, 0.717) is 11.3 Å². The molecule has 8 heteroatoms. The van der Waals surface area contributed by atoms with E-state index in [4.69, 9.17) is 0 Å². The van der Waals surface area contributed by atoms with Crippen molar-refractivity contribution >= 4 is 15.7 Å². The van der Waals surface area contributed by atoms with Crippen molar-refractivity contribution in [2.45, 2.75) is 106 Å². The number of fused-ring (bicyclic) bond motifs is 1. The Labute approximate surface area is 237 Å². The van der Waals surface area contributed by atoms with E-state index >= 15 is 0 Å². The summed E-state index contributed by atoms with van der Waals surface area (Å²) in [4.78, 5) is 16.7. The van der Waals surface area contributed by atoms with Crippen molar-refractivity contribution < 1.29 is 17.6 Å². The highest BCUT2D eigenvalue weighted by Crippen LogP contribution is 2.33. The highest BCUT2D eigenvalue weighted by atomic mass is 32.2. The lowest BCUT2D eigenvalue weighted by Crippen LogP contribution is -2.49. The molecule has 40 heavy (non-hydrogen) atoms. The largest absolute Gasteiger partial charge is 0.354 e. The van der Waals surface area contributed by atoms with Gasteiger partial charge in [-0.05, 0) is 79.3 Å².